The average Bonchev–Trinajstić information content (AvgIpc) is 2.79. The number of hydrogen-bond donors (Lipinski definition) is 1. The molecule has 1 N–H and O–H groups in total. The van der Waals surface area contributed by atoms with Gasteiger partial charge >= 0.3 is 6.18 Å². The third kappa shape index (κ3) is 3.83. The van der Waals surface area contributed by atoms with Crippen LogP contribution >= 0.6 is 11.3 Å². The van der Waals surface area contributed by atoms with Crippen LogP contribution in [0.2, 0.25) is 0 Å². The molecule has 1 aromatic heterocycles. The summed E-state index contributed by atoms with van der Waals surface area (Å²) in [7, 11) is 1.51. The Hall–Kier alpha value is -1.93. The zero-order chi connectivity index (χ0) is 16.3. The molecule has 2 aromatic rings. The molecule has 0 bridgehead atoms. The van der Waals surface area contributed by atoms with E-state index in [9.17, 15) is 18.0 Å². The van der Waals surface area contributed by atoms with Gasteiger partial charge in [-0.25, -0.2) is 4.98 Å². The van der Waals surface area contributed by atoms with E-state index in [1.54, 1.807) is 6.92 Å². The molecule has 0 saturated carbocycles. The number of ether oxygens (including phenoxy) is 1. The topological polar surface area (TPSA) is 51.2 Å². The summed E-state index contributed by atoms with van der Waals surface area (Å²) in [5.41, 5.74) is -0.214. The molecule has 0 aliphatic heterocycles. The van der Waals surface area contributed by atoms with Gasteiger partial charge in [0.1, 0.15) is 9.88 Å². The number of aromatic nitrogens is 1. The second-order valence-corrected chi connectivity index (χ2v) is 5.57. The van der Waals surface area contributed by atoms with Gasteiger partial charge in [0.2, 0.25) is 0 Å². The Kier molecular flexibility index (Phi) is 4.82. The van der Waals surface area contributed by atoms with Crippen molar-refractivity contribution in [1.82, 2.24) is 4.98 Å². The molecule has 118 valence electrons. The lowest BCUT2D eigenvalue weighted by atomic mass is 10.2. The normalized spacial score (nSPS) is 11.5. The molecular formula is C14H13F3N2O2S. The smallest absolute Gasteiger partial charge is 0.378 e. The Morgan fingerprint density at radius 3 is 2.77 bits per heavy atom. The minimum Gasteiger partial charge on any atom is -0.378 e. The molecule has 1 heterocycles. The van der Waals surface area contributed by atoms with E-state index in [4.69, 9.17) is 4.74 Å². The van der Waals surface area contributed by atoms with Crippen LogP contribution in [0.3, 0.4) is 0 Å². The van der Waals surface area contributed by atoms with Crippen molar-refractivity contribution in [3.63, 3.8) is 0 Å². The van der Waals surface area contributed by atoms with Crippen molar-refractivity contribution < 1.29 is 22.7 Å². The molecule has 0 aliphatic carbocycles. The molecule has 0 radical (unpaired) electrons. The highest BCUT2D eigenvalue weighted by Crippen LogP contribution is 2.31. The summed E-state index contributed by atoms with van der Waals surface area (Å²) in [6.07, 6.45) is -4.45. The van der Waals surface area contributed by atoms with E-state index in [2.05, 4.69) is 10.3 Å². The molecule has 1 aromatic carbocycles. The number of aryl methyl sites for hydroxylation is 1. The van der Waals surface area contributed by atoms with Crippen molar-refractivity contribution in [3.8, 4) is 0 Å². The Balaban J connectivity index is 2.19. The number of amides is 1. The number of hydrogen-bond acceptors (Lipinski definition) is 4. The molecule has 0 atom stereocenters. The molecule has 2 rings (SSSR count). The van der Waals surface area contributed by atoms with Crippen molar-refractivity contribution in [3.05, 3.63) is 45.4 Å². The summed E-state index contributed by atoms with van der Waals surface area (Å²) in [6, 6.07) is 4.49. The number of methoxy groups -OCH3 is 1. The highest BCUT2D eigenvalue weighted by Gasteiger charge is 2.30. The largest absolute Gasteiger partial charge is 0.416 e. The number of alkyl halides is 3. The van der Waals surface area contributed by atoms with E-state index in [1.165, 1.54) is 19.2 Å². The SMILES string of the molecule is COCc1nc(C)c(C(=O)Nc2cccc(C(F)(F)F)c2)s1. The molecule has 22 heavy (non-hydrogen) atoms. The number of halogens is 3. The van der Waals surface area contributed by atoms with Gasteiger partial charge in [-0.15, -0.1) is 11.3 Å². The Labute approximate surface area is 128 Å². The first-order valence-electron chi connectivity index (χ1n) is 6.25. The quantitative estimate of drug-likeness (QED) is 0.926. The van der Waals surface area contributed by atoms with Crippen LogP contribution in [0, 0.1) is 6.92 Å². The number of benzene rings is 1. The summed E-state index contributed by atoms with van der Waals surface area (Å²) in [5.74, 6) is -0.489. The zero-order valence-corrected chi connectivity index (χ0v) is 12.6. The molecule has 0 fully saturated rings. The van der Waals surface area contributed by atoms with Crippen LogP contribution in [-0.2, 0) is 17.5 Å². The van der Waals surface area contributed by atoms with Crippen molar-refractivity contribution in [2.45, 2.75) is 19.7 Å². The minimum absolute atomic E-state index is 0.0842. The van der Waals surface area contributed by atoms with Crippen LogP contribution < -0.4 is 5.32 Å². The molecular weight excluding hydrogens is 317 g/mol. The average molecular weight is 330 g/mol. The van der Waals surface area contributed by atoms with Crippen LogP contribution in [0.15, 0.2) is 24.3 Å². The van der Waals surface area contributed by atoms with Gasteiger partial charge in [-0.3, -0.25) is 4.79 Å². The first kappa shape index (κ1) is 16.4. The lowest BCUT2D eigenvalue weighted by Crippen LogP contribution is -2.13. The fourth-order valence-corrected chi connectivity index (χ4v) is 2.74. The fraction of sp³-hybridized carbons (Fsp3) is 0.286. The summed E-state index contributed by atoms with van der Waals surface area (Å²) < 4.78 is 42.9. The number of thiazole rings is 1. The third-order valence-electron chi connectivity index (χ3n) is 2.76. The monoisotopic (exact) mass is 330 g/mol. The van der Waals surface area contributed by atoms with Gasteiger partial charge in [-0.2, -0.15) is 13.2 Å². The van der Waals surface area contributed by atoms with Crippen LogP contribution in [0.25, 0.3) is 0 Å². The maximum absolute atomic E-state index is 12.6. The van der Waals surface area contributed by atoms with Gasteiger partial charge in [0.15, 0.2) is 0 Å². The second kappa shape index (κ2) is 6.45. The molecule has 0 aliphatic rings. The first-order chi connectivity index (χ1) is 10.3. The van der Waals surface area contributed by atoms with Crippen molar-refractivity contribution in [2.24, 2.45) is 0 Å². The maximum Gasteiger partial charge on any atom is 0.416 e. The predicted molar refractivity (Wildman–Crippen MR) is 77.0 cm³/mol. The van der Waals surface area contributed by atoms with Crippen LogP contribution in [0.5, 0.6) is 0 Å². The number of rotatable bonds is 4. The summed E-state index contributed by atoms with van der Waals surface area (Å²) in [5, 5.41) is 3.09. The number of carbonyl (C=O) groups excluding carboxylic acids is 1. The Morgan fingerprint density at radius 2 is 2.14 bits per heavy atom. The van der Waals surface area contributed by atoms with E-state index in [1.807, 2.05) is 0 Å². The zero-order valence-electron chi connectivity index (χ0n) is 11.8. The fourth-order valence-electron chi connectivity index (χ4n) is 1.81. The second-order valence-electron chi connectivity index (χ2n) is 4.49. The van der Waals surface area contributed by atoms with E-state index >= 15 is 0 Å². The molecule has 0 unspecified atom stereocenters. The predicted octanol–water partition coefficient (Wildman–Crippen LogP) is 3.87. The molecule has 4 nitrogen and oxygen atoms in total. The van der Waals surface area contributed by atoms with E-state index in [0.29, 0.717) is 15.6 Å². The van der Waals surface area contributed by atoms with E-state index in [0.717, 1.165) is 23.5 Å². The highest BCUT2D eigenvalue weighted by molar-refractivity contribution is 7.13. The minimum atomic E-state index is -4.45. The molecule has 0 saturated heterocycles. The lowest BCUT2D eigenvalue weighted by Gasteiger charge is -2.09. The molecule has 0 spiro atoms. The molecule has 1 amide bonds. The number of nitrogens with one attached hydrogen (secondary N) is 1. The summed E-state index contributed by atoms with van der Waals surface area (Å²) in [6.45, 7) is 1.94. The number of nitrogens with zero attached hydrogens (tertiary/aromatic N) is 1. The Bertz CT molecular complexity index is 683. The maximum atomic E-state index is 12.6. The third-order valence-corrected chi connectivity index (χ3v) is 3.89. The van der Waals surface area contributed by atoms with Gasteiger partial charge < -0.3 is 10.1 Å². The summed E-state index contributed by atoms with van der Waals surface area (Å²) >= 11 is 1.15. The first-order valence-corrected chi connectivity index (χ1v) is 7.06. The van der Waals surface area contributed by atoms with Crippen molar-refractivity contribution >= 4 is 22.9 Å². The van der Waals surface area contributed by atoms with Gasteiger partial charge in [-0.05, 0) is 25.1 Å². The standard InChI is InChI=1S/C14H13F3N2O2S/c1-8-12(22-11(18-8)7-21-2)13(20)19-10-5-3-4-9(6-10)14(15,16)17/h3-6H,7H2,1-2H3,(H,19,20). The van der Waals surface area contributed by atoms with Crippen molar-refractivity contribution in [1.29, 1.82) is 0 Å². The van der Waals surface area contributed by atoms with Gasteiger partial charge in [0, 0.05) is 12.8 Å². The summed E-state index contributed by atoms with van der Waals surface area (Å²) in [4.78, 5) is 16.7. The van der Waals surface area contributed by atoms with Gasteiger partial charge in [-0.1, -0.05) is 6.07 Å². The van der Waals surface area contributed by atoms with Crippen LogP contribution in [0.1, 0.15) is 25.9 Å². The molecule has 8 heteroatoms. The van der Waals surface area contributed by atoms with E-state index in [-0.39, 0.29) is 12.3 Å². The number of anilines is 1. The van der Waals surface area contributed by atoms with Gasteiger partial charge in [0.25, 0.3) is 5.91 Å². The van der Waals surface area contributed by atoms with E-state index < -0.39 is 17.6 Å². The van der Waals surface area contributed by atoms with Crippen molar-refractivity contribution in [2.75, 3.05) is 12.4 Å². The number of carbonyl (C=O) groups is 1. The lowest BCUT2D eigenvalue weighted by molar-refractivity contribution is -0.137. The van der Waals surface area contributed by atoms with Crippen LogP contribution in [-0.4, -0.2) is 18.0 Å². The van der Waals surface area contributed by atoms with Crippen LogP contribution in [0.4, 0.5) is 18.9 Å². The Morgan fingerprint density at radius 1 is 1.41 bits per heavy atom. The van der Waals surface area contributed by atoms with Gasteiger partial charge in [0.05, 0.1) is 17.9 Å². The highest BCUT2D eigenvalue weighted by atomic mass is 32.1.